The molecule has 118 valence electrons. The van der Waals surface area contributed by atoms with Gasteiger partial charge in [0.15, 0.2) is 5.79 Å². The molecule has 3 aliphatic carbocycles. The van der Waals surface area contributed by atoms with Crippen molar-refractivity contribution in [1.82, 2.24) is 0 Å². The highest BCUT2D eigenvalue weighted by atomic mass is 16.7. The number of hydrogen-bond acceptors (Lipinski definition) is 4. The van der Waals surface area contributed by atoms with Crippen LogP contribution in [0.5, 0.6) is 0 Å². The summed E-state index contributed by atoms with van der Waals surface area (Å²) in [4.78, 5) is 0. The molecule has 4 nitrogen and oxygen atoms in total. The van der Waals surface area contributed by atoms with Crippen molar-refractivity contribution in [3.05, 3.63) is 12.2 Å². The zero-order chi connectivity index (χ0) is 14.4. The minimum absolute atomic E-state index is 0.142. The molecule has 0 aromatic heterocycles. The van der Waals surface area contributed by atoms with Crippen molar-refractivity contribution in [3.8, 4) is 0 Å². The molecule has 0 amide bonds. The van der Waals surface area contributed by atoms with Crippen LogP contribution in [0, 0.1) is 23.7 Å². The van der Waals surface area contributed by atoms with Gasteiger partial charge >= 0.3 is 0 Å². The molecule has 4 aliphatic rings. The lowest BCUT2D eigenvalue weighted by Gasteiger charge is -2.48. The molecule has 2 N–H and O–H groups in total. The van der Waals surface area contributed by atoms with Crippen LogP contribution in [0.25, 0.3) is 0 Å². The van der Waals surface area contributed by atoms with Crippen LogP contribution >= 0.6 is 0 Å². The highest BCUT2D eigenvalue weighted by Crippen LogP contribution is 2.59. The van der Waals surface area contributed by atoms with Gasteiger partial charge in [-0.25, -0.2) is 0 Å². The van der Waals surface area contributed by atoms with Crippen LogP contribution in [0.3, 0.4) is 0 Å². The van der Waals surface area contributed by atoms with Crippen molar-refractivity contribution in [2.24, 2.45) is 23.7 Å². The standard InChI is InChI=1S/C17H26O4/c18-15(11-3-1-2-4-11)6-5-12-9-14-13(16(12)19)10-17(14)20-7-8-21-17/h5-6,11-16,18-19H,1-4,7-10H2/t12?,13-,14+,15?,16?/m1/s1. The summed E-state index contributed by atoms with van der Waals surface area (Å²) in [6, 6.07) is 0. The third-order valence-corrected chi connectivity index (χ3v) is 6.22. The molecular formula is C17H26O4. The summed E-state index contributed by atoms with van der Waals surface area (Å²) in [5.74, 6) is 0.806. The van der Waals surface area contributed by atoms with Crippen molar-refractivity contribution >= 4 is 0 Å². The number of fused-ring (bicyclic) bond motifs is 2. The largest absolute Gasteiger partial charge is 0.392 e. The van der Waals surface area contributed by atoms with E-state index in [1.54, 1.807) is 0 Å². The molecular weight excluding hydrogens is 268 g/mol. The van der Waals surface area contributed by atoms with E-state index in [1.165, 1.54) is 12.8 Å². The van der Waals surface area contributed by atoms with Gasteiger partial charge in [-0.1, -0.05) is 25.0 Å². The highest BCUT2D eigenvalue weighted by molar-refractivity contribution is 5.13. The molecule has 0 aromatic carbocycles. The van der Waals surface area contributed by atoms with E-state index in [4.69, 9.17) is 9.47 Å². The van der Waals surface area contributed by atoms with Gasteiger partial charge in [0.2, 0.25) is 0 Å². The van der Waals surface area contributed by atoms with Gasteiger partial charge < -0.3 is 19.7 Å². The Bertz CT molecular complexity index is 409. The zero-order valence-corrected chi connectivity index (χ0v) is 12.5. The fourth-order valence-corrected chi connectivity index (χ4v) is 4.96. The number of rotatable bonds is 3. The summed E-state index contributed by atoms with van der Waals surface area (Å²) in [6.07, 6.45) is 9.82. The lowest BCUT2D eigenvalue weighted by Crippen LogP contribution is -2.54. The first-order valence-corrected chi connectivity index (χ1v) is 8.52. The molecule has 21 heavy (non-hydrogen) atoms. The minimum atomic E-state index is -0.391. The molecule has 0 aromatic rings. The Hall–Kier alpha value is -0.420. The topological polar surface area (TPSA) is 58.9 Å². The monoisotopic (exact) mass is 294 g/mol. The second-order valence-corrected chi connectivity index (χ2v) is 7.29. The van der Waals surface area contributed by atoms with E-state index in [9.17, 15) is 10.2 Å². The smallest absolute Gasteiger partial charge is 0.172 e. The molecule has 1 heterocycles. The summed E-state index contributed by atoms with van der Waals surface area (Å²) in [7, 11) is 0. The molecule has 4 heteroatoms. The minimum Gasteiger partial charge on any atom is -0.392 e. The average Bonchev–Trinajstić information content (AvgIpc) is 3.18. The highest BCUT2D eigenvalue weighted by Gasteiger charge is 2.64. The number of hydrogen-bond donors (Lipinski definition) is 2. The van der Waals surface area contributed by atoms with Gasteiger partial charge in [-0.2, -0.15) is 0 Å². The van der Waals surface area contributed by atoms with E-state index in [-0.39, 0.29) is 18.1 Å². The van der Waals surface area contributed by atoms with E-state index in [2.05, 4.69) is 6.08 Å². The van der Waals surface area contributed by atoms with Crippen LogP contribution in [0.1, 0.15) is 38.5 Å². The third kappa shape index (κ3) is 2.27. The quantitative estimate of drug-likeness (QED) is 0.780. The van der Waals surface area contributed by atoms with Crippen molar-refractivity contribution in [1.29, 1.82) is 0 Å². The van der Waals surface area contributed by atoms with Crippen LogP contribution < -0.4 is 0 Å². The fourth-order valence-electron chi connectivity index (χ4n) is 4.96. The normalized spacial score (nSPS) is 43.5. The summed E-state index contributed by atoms with van der Waals surface area (Å²) in [5, 5.41) is 20.7. The Balaban J connectivity index is 1.38. The summed E-state index contributed by atoms with van der Waals surface area (Å²) < 4.78 is 11.6. The Kier molecular flexibility index (Phi) is 3.61. The van der Waals surface area contributed by atoms with Crippen LogP contribution in [0.2, 0.25) is 0 Å². The molecule has 0 radical (unpaired) electrons. The van der Waals surface area contributed by atoms with E-state index < -0.39 is 5.79 Å². The maximum atomic E-state index is 10.5. The van der Waals surface area contributed by atoms with Crippen molar-refractivity contribution in [2.45, 2.75) is 56.5 Å². The average molecular weight is 294 g/mol. The van der Waals surface area contributed by atoms with Crippen molar-refractivity contribution in [3.63, 3.8) is 0 Å². The Labute approximate surface area is 126 Å². The molecule has 4 rings (SSSR count). The maximum Gasteiger partial charge on any atom is 0.172 e. The fraction of sp³-hybridized carbons (Fsp3) is 0.882. The van der Waals surface area contributed by atoms with Crippen LogP contribution in [-0.4, -0.2) is 41.4 Å². The second-order valence-electron chi connectivity index (χ2n) is 7.29. The van der Waals surface area contributed by atoms with E-state index in [0.717, 1.165) is 25.7 Å². The second kappa shape index (κ2) is 5.34. The summed E-state index contributed by atoms with van der Waals surface area (Å²) >= 11 is 0. The number of aliphatic hydroxyl groups is 2. The molecule has 3 saturated carbocycles. The van der Waals surface area contributed by atoms with E-state index in [1.807, 2.05) is 6.08 Å². The SMILES string of the molecule is OC(C=CC1C[C@H]2[C@@H](CC23OCCO3)C1O)C1CCCC1. The van der Waals surface area contributed by atoms with Gasteiger partial charge in [0, 0.05) is 18.3 Å². The molecule has 3 unspecified atom stereocenters. The number of ether oxygens (including phenoxy) is 2. The predicted molar refractivity (Wildman–Crippen MR) is 77.5 cm³/mol. The van der Waals surface area contributed by atoms with Gasteiger partial charge in [-0.15, -0.1) is 0 Å². The van der Waals surface area contributed by atoms with Crippen molar-refractivity contribution < 1.29 is 19.7 Å². The molecule has 4 fully saturated rings. The van der Waals surface area contributed by atoms with Crippen molar-refractivity contribution in [2.75, 3.05) is 13.2 Å². The summed E-state index contributed by atoms with van der Waals surface area (Å²) in [5.41, 5.74) is 0. The van der Waals surface area contributed by atoms with Gasteiger partial charge in [-0.3, -0.25) is 0 Å². The maximum absolute atomic E-state index is 10.5. The zero-order valence-electron chi connectivity index (χ0n) is 12.5. The lowest BCUT2D eigenvalue weighted by atomic mass is 9.69. The van der Waals surface area contributed by atoms with Gasteiger partial charge in [0.05, 0.1) is 25.4 Å². The van der Waals surface area contributed by atoms with Gasteiger partial charge in [0.25, 0.3) is 0 Å². The third-order valence-electron chi connectivity index (χ3n) is 6.22. The first kappa shape index (κ1) is 14.2. The molecule has 5 atom stereocenters. The lowest BCUT2D eigenvalue weighted by molar-refractivity contribution is -0.275. The van der Waals surface area contributed by atoms with Crippen LogP contribution in [-0.2, 0) is 9.47 Å². The van der Waals surface area contributed by atoms with Gasteiger partial charge in [0.1, 0.15) is 0 Å². The summed E-state index contributed by atoms with van der Waals surface area (Å²) in [6.45, 7) is 1.36. The molecule has 1 aliphatic heterocycles. The Morgan fingerprint density at radius 2 is 1.86 bits per heavy atom. The predicted octanol–water partition coefficient (Wildman–Crippen LogP) is 1.85. The van der Waals surface area contributed by atoms with Gasteiger partial charge in [-0.05, 0) is 31.1 Å². The van der Waals surface area contributed by atoms with E-state index >= 15 is 0 Å². The molecule has 1 spiro atoms. The molecule has 0 bridgehead atoms. The molecule has 1 saturated heterocycles. The van der Waals surface area contributed by atoms with E-state index in [0.29, 0.717) is 31.0 Å². The Morgan fingerprint density at radius 3 is 2.57 bits per heavy atom. The first-order chi connectivity index (χ1) is 10.2. The Morgan fingerprint density at radius 1 is 1.14 bits per heavy atom. The number of aliphatic hydroxyl groups excluding tert-OH is 2. The van der Waals surface area contributed by atoms with Crippen LogP contribution in [0.4, 0.5) is 0 Å². The van der Waals surface area contributed by atoms with Crippen LogP contribution in [0.15, 0.2) is 12.2 Å². The first-order valence-electron chi connectivity index (χ1n) is 8.52.